The average molecular weight is 306 g/mol. The van der Waals surface area contributed by atoms with E-state index in [1.54, 1.807) is 12.1 Å². The first-order valence-corrected chi connectivity index (χ1v) is 7.67. The third-order valence-corrected chi connectivity index (χ3v) is 4.06. The zero-order valence-electron chi connectivity index (χ0n) is 12.4. The third-order valence-electron chi connectivity index (χ3n) is 4.06. The van der Waals surface area contributed by atoms with Crippen LogP contribution in [-0.2, 0) is 0 Å². The normalized spacial score (nSPS) is 14.0. The SMILES string of the molecule is O=C(Nc1cccc(F)c1)c1cc(C2CC2)nc2ccccc12. The Morgan fingerprint density at radius 2 is 1.91 bits per heavy atom. The Hall–Kier alpha value is -2.75. The fourth-order valence-corrected chi connectivity index (χ4v) is 2.74. The molecular formula is C19H15FN2O. The van der Waals surface area contributed by atoms with Crippen LogP contribution < -0.4 is 5.32 Å². The Labute approximate surface area is 133 Å². The lowest BCUT2D eigenvalue weighted by atomic mass is 10.1. The Balaban J connectivity index is 1.75. The molecule has 0 aliphatic heterocycles. The van der Waals surface area contributed by atoms with Crippen LogP contribution in [0.1, 0.15) is 34.8 Å². The molecule has 1 fully saturated rings. The van der Waals surface area contributed by atoms with Crippen LogP contribution in [0.25, 0.3) is 10.9 Å². The summed E-state index contributed by atoms with van der Waals surface area (Å²) in [6.45, 7) is 0. The van der Waals surface area contributed by atoms with Gasteiger partial charge in [-0.3, -0.25) is 9.78 Å². The molecule has 2 aromatic carbocycles. The number of carbonyl (C=O) groups excluding carboxylic acids is 1. The van der Waals surface area contributed by atoms with Crippen LogP contribution in [0.5, 0.6) is 0 Å². The molecule has 1 amide bonds. The van der Waals surface area contributed by atoms with Crippen molar-refractivity contribution < 1.29 is 9.18 Å². The molecule has 0 atom stereocenters. The van der Waals surface area contributed by atoms with E-state index in [0.29, 0.717) is 17.2 Å². The van der Waals surface area contributed by atoms with Crippen LogP contribution in [0.2, 0.25) is 0 Å². The van der Waals surface area contributed by atoms with Crippen molar-refractivity contribution in [1.82, 2.24) is 4.98 Å². The first kappa shape index (κ1) is 13.9. The van der Waals surface area contributed by atoms with E-state index in [4.69, 9.17) is 0 Å². The van der Waals surface area contributed by atoms with Crippen molar-refractivity contribution in [2.75, 3.05) is 5.32 Å². The number of amides is 1. The Morgan fingerprint density at radius 1 is 1.09 bits per heavy atom. The van der Waals surface area contributed by atoms with Crippen molar-refractivity contribution >= 4 is 22.5 Å². The number of para-hydroxylation sites is 1. The highest BCUT2D eigenvalue weighted by Gasteiger charge is 2.26. The number of hydrogen-bond donors (Lipinski definition) is 1. The molecular weight excluding hydrogens is 291 g/mol. The van der Waals surface area contributed by atoms with Crippen molar-refractivity contribution in [1.29, 1.82) is 0 Å². The van der Waals surface area contributed by atoms with Gasteiger partial charge < -0.3 is 5.32 Å². The van der Waals surface area contributed by atoms with Gasteiger partial charge in [-0.25, -0.2) is 4.39 Å². The molecule has 4 rings (SSSR count). The number of anilines is 1. The van der Waals surface area contributed by atoms with Crippen molar-refractivity contribution in [2.45, 2.75) is 18.8 Å². The molecule has 0 saturated heterocycles. The number of carbonyl (C=O) groups is 1. The Kier molecular flexibility index (Phi) is 3.30. The minimum atomic E-state index is -0.374. The predicted molar refractivity (Wildman–Crippen MR) is 88.1 cm³/mol. The van der Waals surface area contributed by atoms with E-state index in [1.807, 2.05) is 30.3 Å². The zero-order valence-corrected chi connectivity index (χ0v) is 12.4. The summed E-state index contributed by atoms with van der Waals surface area (Å²) in [6, 6.07) is 15.4. The number of nitrogens with zero attached hydrogens (tertiary/aromatic N) is 1. The van der Waals surface area contributed by atoms with Crippen LogP contribution in [0, 0.1) is 5.82 Å². The summed E-state index contributed by atoms with van der Waals surface area (Å²) in [5, 5.41) is 3.58. The van der Waals surface area contributed by atoms with E-state index in [0.717, 1.165) is 29.4 Å². The quantitative estimate of drug-likeness (QED) is 0.774. The van der Waals surface area contributed by atoms with E-state index in [2.05, 4.69) is 10.3 Å². The molecule has 1 saturated carbocycles. The standard InChI is InChI=1S/C19H15FN2O/c20-13-4-3-5-14(10-13)21-19(23)16-11-18(12-8-9-12)22-17-7-2-1-6-15(16)17/h1-7,10-12H,8-9H2,(H,21,23). The van der Waals surface area contributed by atoms with Crippen molar-refractivity contribution in [3.8, 4) is 0 Å². The van der Waals surface area contributed by atoms with E-state index < -0.39 is 0 Å². The van der Waals surface area contributed by atoms with Crippen molar-refractivity contribution in [3.05, 3.63) is 71.7 Å². The van der Waals surface area contributed by atoms with Gasteiger partial charge in [0.05, 0.1) is 11.1 Å². The molecule has 0 unspecified atom stereocenters. The minimum Gasteiger partial charge on any atom is -0.322 e. The molecule has 1 aromatic heterocycles. The van der Waals surface area contributed by atoms with Gasteiger partial charge in [0.15, 0.2) is 0 Å². The highest BCUT2D eigenvalue weighted by atomic mass is 19.1. The lowest BCUT2D eigenvalue weighted by Crippen LogP contribution is -2.13. The lowest BCUT2D eigenvalue weighted by Gasteiger charge is -2.10. The molecule has 1 aliphatic carbocycles. The summed E-state index contributed by atoms with van der Waals surface area (Å²) >= 11 is 0. The molecule has 1 heterocycles. The highest BCUT2D eigenvalue weighted by molar-refractivity contribution is 6.12. The summed E-state index contributed by atoms with van der Waals surface area (Å²) in [5.41, 5.74) is 2.82. The maximum atomic E-state index is 13.3. The van der Waals surface area contributed by atoms with Crippen LogP contribution >= 0.6 is 0 Å². The van der Waals surface area contributed by atoms with E-state index in [9.17, 15) is 9.18 Å². The van der Waals surface area contributed by atoms with Crippen molar-refractivity contribution in [2.24, 2.45) is 0 Å². The van der Waals surface area contributed by atoms with Gasteiger partial charge in [0.2, 0.25) is 0 Å². The van der Waals surface area contributed by atoms with Gasteiger partial charge in [0.1, 0.15) is 5.82 Å². The molecule has 23 heavy (non-hydrogen) atoms. The number of rotatable bonds is 3. The number of halogens is 1. The number of fused-ring (bicyclic) bond motifs is 1. The maximum absolute atomic E-state index is 13.3. The first-order chi connectivity index (χ1) is 11.2. The second-order valence-electron chi connectivity index (χ2n) is 5.85. The summed E-state index contributed by atoms with van der Waals surface area (Å²) in [5.74, 6) is -0.155. The van der Waals surface area contributed by atoms with Crippen LogP contribution in [0.15, 0.2) is 54.6 Å². The highest BCUT2D eigenvalue weighted by Crippen LogP contribution is 2.40. The van der Waals surface area contributed by atoms with Gasteiger partial charge in [-0.1, -0.05) is 24.3 Å². The van der Waals surface area contributed by atoms with Crippen molar-refractivity contribution in [3.63, 3.8) is 0 Å². The van der Waals surface area contributed by atoms with Gasteiger partial charge in [-0.15, -0.1) is 0 Å². The molecule has 0 bridgehead atoms. The first-order valence-electron chi connectivity index (χ1n) is 7.67. The monoisotopic (exact) mass is 306 g/mol. The molecule has 1 N–H and O–H groups in total. The number of benzene rings is 2. The molecule has 3 nitrogen and oxygen atoms in total. The minimum absolute atomic E-state index is 0.240. The van der Waals surface area contributed by atoms with Gasteiger partial charge in [0, 0.05) is 22.7 Å². The topological polar surface area (TPSA) is 42.0 Å². The molecule has 0 spiro atoms. The zero-order chi connectivity index (χ0) is 15.8. The summed E-state index contributed by atoms with van der Waals surface area (Å²) in [7, 11) is 0. The summed E-state index contributed by atoms with van der Waals surface area (Å²) in [6.07, 6.45) is 2.24. The van der Waals surface area contributed by atoms with E-state index in [-0.39, 0.29) is 11.7 Å². The largest absolute Gasteiger partial charge is 0.322 e. The Morgan fingerprint density at radius 3 is 2.70 bits per heavy atom. The van der Waals surface area contributed by atoms with Crippen LogP contribution in [0.3, 0.4) is 0 Å². The molecule has 3 aromatic rings. The van der Waals surface area contributed by atoms with E-state index >= 15 is 0 Å². The molecule has 114 valence electrons. The number of aromatic nitrogens is 1. The number of pyridine rings is 1. The summed E-state index contributed by atoms with van der Waals surface area (Å²) < 4.78 is 13.3. The lowest BCUT2D eigenvalue weighted by molar-refractivity contribution is 0.102. The molecule has 1 aliphatic rings. The van der Waals surface area contributed by atoms with Crippen LogP contribution in [-0.4, -0.2) is 10.9 Å². The van der Waals surface area contributed by atoms with Crippen LogP contribution in [0.4, 0.5) is 10.1 Å². The van der Waals surface area contributed by atoms with Gasteiger partial charge in [-0.2, -0.15) is 0 Å². The maximum Gasteiger partial charge on any atom is 0.256 e. The number of nitrogens with one attached hydrogen (secondary N) is 1. The predicted octanol–water partition coefficient (Wildman–Crippen LogP) is 4.50. The van der Waals surface area contributed by atoms with E-state index in [1.165, 1.54) is 12.1 Å². The van der Waals surface area contributed by atoms with Gasteiger partial charge in [-0.05, 0) is 43.2 Å². The third kappa shape index (κ3) is 2.80. The fourth-order valence-electron chi connectivity index (χ4n) is 2.74. The second kappa shape index (κ2) is 5.47. The van der Waals surface area contributed by atoms with Gasteiger partial charge >= 0.3 is 0 Å². The number of hydrogen-bond acceptors (Lipinski definition) is 2. The molecule has 0 radical (unpaired) electrons. The Bertz CT molecular complexity index is 903. The van der Waals surface area contributed by atoms with Gasteiger partial charge in [0.25, 0.3) is 5.91 Å². The summed E-state index contributed by atoms with van der Waals surface area (Å²) in [4.78, 5) is 17.3. The smallest absolute Gasteiger partial charge is 0.256 e. The average Bonchev–Trinajstić information content (AvgIpc) is 3.38. The second-order valence-corrected chi connectivity index (χ2v) is 5.85. The molecule has 4 heteroatoms. The fraction of sp³-hybridized carbons (Fsp3) is 0.158.